The van der Waals surface area contributed by atoms with Crippen molar-refractivity contribution in [2.75, 3.05) is 18.1 Å². The number of anilines is 1. The SMILES string of the molecule is O=C(O)c1cc(O[C@@H]2CCN(c3cc(F)c4c(c3)C(=O)CC4)C2=O)cnc1OCC1CC1. The molecule has 1 aliphatic heterocycles. The van der Waals surface area contributed by atoms with Crippen LogP contribution in [-0.2, 0) is 11.2 Å². The second-order valence-corrected chi connectivity index (χ2v) is 8.35. The molecule has 1 amide bonds. The predicted octanol–water partition coefficient (Wildman–Crippen LogP) is 3.02. The summed E-state index contributed by atoms with van der Waals surface area (Å²) in [6.45, 7) is 0.709. The number of pyridine rings is 1. The summed E-state index contributed by atoms with van der Waals surface area (Å²) in [6.07, 6.45) is 3.56. The van der Waals surface area contributed by atoms with Crippen LogP contribution in [0.15, 0.2) is 24.4 Å². The number of hydrogen-bond donors (Lipinski definition) is 1. The number of Topliss-reactive ketones (excluding diaryl/α,β-unsaturated/α-hetero) is 1. The summed E-state index contributed by atoms with van der Waals surface area (Å²) in [4.78, 5) is 42.0. The Labute approximate surface area is 183 Å². The smallest absolute Gasteiger partial charge is 0.341 e. The first-order chi connectivity index (χ1) is 15.4. The summed E-state index contributed by atoms with van der Waals surface area (Å²) in [5, 5.41) is 9.49. The van der Waals surface area contributed by atoms with Gasteiger partial charge >= 0.3 is 5.97 Å². The zero-order chi connectivity index (χ0) is 22.4. The molecule has 0 radical (unpaired) electrons. The topological polar surface area (TPSA) is 106 Å². The number of aromatic nitrogens is 1. The van der Waals surface area contributed by atoms with E-state index in [0.29, 0.717) is 42.2 Å². The Balaban J connectivity index is 1.32. The number of rotatable bonds is 7. The number of nitrogens with zero attached hydrogens (tertiary/aromatic N) is 2. The third-order valence-electron chi connectivity index (χ3n) is 6.04. The van der Waals surface area contributed by atoms with Crippen molar-refractivity contribution < 1.29 is 33.4 Å². The first-order valence-corrected chi connectivity index (χ1v) is 10.6. The van der Waals surface area contributed by atoms with Gasteiger partial charge < -0.3 is 19.5 Å². The highest BCUT2D eigenvalue weighted by molar-refractivity contribution is 6.04. The quantitative estimate of drug-likeness (QED) is 0.705. The molecule has 1 saturated carbocycles. The fourth-order valence-corrected chi connectivity index (χ4v) is 4.08. The molecule has 0 spiro atoms. The minimum absolute atomic E-state index is 0.0226. The fourth-order valence-electron chi connectivity index (χ4n) is 4.08. The van der Waals surface area contributed by atoms with Crippen molar-refractivity contribution in [3.63, 3.8) is 0 Å². The van der Waals surface area contributed by atoms with Gasteiger partial charge in [-0.05, 0) is 42.9 Å². The van der Waals surface area contributed by atoms with Crippen molar-refractivity contribution in [2.45, 2.75) is 38.2 Å². The summed E-state index contributed by atoms with van der Waals surface area (Å²) in [7, 11) is 0. The molecular weight excluding hydrogens is 419 g/mol. The maximum absolute atomic E-state index is 14.4. The van der Waals surface area contributed by atoms with Crippen LogP contribution in [0.5, 0.6) is 11.6 Å². The molecule has 1 aromatic carbocycles. The number of carboxylic acid groups (broad SMARTS) is 1. The molecular formula is C23H21FN2O6. The standard InChI is InChI=1S/C23H21FN2O6/c24-18-8-13(7-16-15(18)3-4-19(16)27)26-6-5-20(22(26)28)32-14-9-17(23(29)30)21(25-10-14)31-11-12-1-2-12/h7-10,12,20H,1-6,11H2,(H,29,30)/t20-/m1/s1. The molecule has 5 rings (SSSR count). The highest BCUT2D eigenvalue weighted by atomic mass is 19.1. The summed E-state index contributed by atoms with van der Waals surface area (Å²) in [5.74, 6) is -1.61. The normalized spacial score (nSPS) is 19.9. The van der Waals surface area contributed by atoms with Crippen LogP contribution in [0.2, 0.25) is 0 Å². The van der Waals surface area contributed by atoms with Crippen LogP contribution in [0.3, 0.4) is 0 Å². The van der Waals surface area contributed by atoms with Crippen LogP contribution in [0, 0.1) is 11.7 Å². The molecule has 2 aliphatic carbocycles. The van der Waals surface area contributed by atoms with Crippen molar-refractivity contribution in [3.8, 4) is 11.6 Å². The number of carbonyl (C=O) groups excluding carboxylic acids is 2. The molecule has 1 saturated heterocycles. The van der Waals surface area contributed by atoms with Gasteiger partial charge in [0.2, 0.25) is 5.88 Å². The number of aromatic carboxylic acids is 1. The number of amides is 1. The Bertz CT molecular complexity index is 1130. The van der Waals surface area contributed by atoms with E-state index in [4.69, 9.17) is 9.47 Å². The molecule has 2 fully saturated rings. The fraction of sp³-hybridized carbons (Fsp3) is 0.391. The number of benzene rings is 1. The number of carbonyl (C=O) groups is 3. The van der Waals surface area contributed by atoms with Gasteiger partial charge in [0.1, 0.15) is 17.1 Å². The number of ketones is 1. The molecule has 1 atom stereocenters. The van der Waals surface area contributed by atoms with E-state index in [-0.39, 0.29) is 41.8 Å². The van der Waals surface area contributed by atoms with Crippen molar-refractivity contribution in [3.05, 3.63) is 46.9 Å². The molecule has 1 N–H and O–H groups in total. The van der Waals surface area contributed by atoms with Gasteiger partial charge in [-0.25, -0.2) is 14.2 Å². The largest absolute Gasteiger partial charge is 0.479 e. The first kappa shape index (κ1) is 20.4. The van der Waals surface area contributed by atoms with E-state index in [2.05, 4.69) is 4.98 Å². The molecule has 166 valence electrons. The van der Waals surface area contributed by atoms with Gasteiger partial charge in [0.15, 0.2) is 11.9 Å². The Kier molecular flexibility index (Phi) is 5.03. The predicted molar refractivity (Wildman–Crippen MR) is 110 cm³/mol. The summed E-state index contributed by atoms with van der Waals surface area (Å²) in [5.41, 5.74) is 0.911. The first-order valence-electron chi connectivity index (χ1n) is 10.6. The maximum Gasteiger partial charge on any atom is 0.341 e. The summed E-state index contributed by atoms with van der Waals surface area (Å²) in [6, 6.07) is 4.12. The molecule has 0 bridgehead atoms. The zero-order valence-electron chi connectivity index (χ0n) is 17.2. The lowest BCUT2D eigenvalue weighted by molar-refractivity contribution is -0.122. The van der Waals surface area contributed by atoms with E-state index in [0.717, 1.165) is 12.8 Å². The highest BCUT2D eigenvalue weighted by Gasteiger charge is 2.36. The van der Waals surface area contributed by atoms with Crippen LogP contribution in [0.4, 0.5) is 10.1 Å². The van der Waals surface area contributed by atoms with E-state index < -0.39 is 17.9 Å². The van der Waals surface area contributed by atoms with Gasteiger partial charge in [-0.1, -0.05) is 0 Å². The number of fused-ring (bicyclic) bond motifs is 1. The van der Waals surface area contributed by atoms with Gasteiger partial charge in [-0.2, -0.15) is 0 Å². The monoisotopic (exact) mass is 440 g/mol. The van der Waals surface area contributed by atoms with Gasteiger partial charge in [0.05, 0.1) is 12.8 Å². The van der Waals surface area contributed by atoms with E-state index >= 15 is 0 Å². The molecule has 32 heavy (non-hydrogen) atoms. The molecule has 9 heteroatoms. The van der Waals surface area contributed by atoms with Crippen LogP contribution < -0.4 is 14.4 Å². The molecule has 3 aliphatic rings. The molecule has 0 unspecified atom stereocenters. The van der Waals surface area contributed by atoms with Crippen molar-refractivity contribution >= 4 is 23.3 Å². The second-order valence-electron chi connectivity index (χ2n) is 8.35. The minimum atomic E-state index is -1.20. The van der Waals surface area contributed by atoms with E-state index in [1.54, 1.807) is 6.07 Å². The second kappa shape index (κ2) is 7.89. The molecule has 8 nitrogen and oxygen atoms in total. The van der Waals surface area contributed by atoms with Crippen LogP contribution in [0.1, 0.15) is 52.0 Å². The number of hydrogen-bond acceptors (Lipinski definition) is 6. The average Bonchev–Trinajstić information content (AvgIpc) is 3.43. The Hall–Kier alpha value is -3.49. The third-order valence-corrected chi connectivity index (χ3v) is 6.04. The lowest BCUT2D eigenvalue weighted by Gasteiger charge is -2.19. The maximum atomic E-state index is 14.4. The molecule has 2 heterocycles. The summed E-state index contributed by atoms with van der Waals surface area (Å²) >= 11 is 0. The van der Waals surface area contributed by atoms with Crippen LogP contribution >= 0.6 is 0 Å². The van der Waals surface area contributed by atoms with E-state index in [1.165, 1.54) is 23.2 Å². The van der Waals surface area contributed by atoms with Gasteiger partial charge in [0, 0.05) is 36.7 Å². The van der Waals surface area contributed by atoms with Crippen molar-refractivity contribution in [1.82, 2.24) is 4.98 Å². The van der Waals surface area contributed by atoms with Crippen LogP contribution in [-0.4, -0.2) is 47.0 Å². The van der Waals surface area contributed by atoms with Crippen molar-refractivity contribution in [1.29, 1.82) is 0 Å². The Morgan fingerprint density at radius 3 is 2.75 bits per heavy atom. The summed E-state index contributed by atoms with van der Waals surface area (Å²) < 4.78 is 25.7. The number of carboxylic acids is 1. The number of halogens is 1. The third kappa shape index (κ3) is 3.79. The Morgan fingerprint density at radius 1 is 1.19 bits per heavy atom. The average molecular weight is 440 g/mol. The van der Waals surface area contributed by atoms with E-state index in [9.17, 15) is 23.9 Å². The van der Waals surface area contributed by atoms with Crippen molar-refractivity contribution in [2.24, 2.45) is 5.92 Å². The van der Waals surface area contributed by atoms with Gasteiger partial charge in [-0.3, -0.25) is 9.59 Å². The van der Waals surface area contributed by atoms with E-state index in [1.807, 2.05) is 0 Å². The molecule has 2 aromatic rings. The Morgan fingerprint density at radius 2 is 2.00 bits per heavy atom. The lowest BCUT2D eigenvalue weighted by atomic mass is 10.1. The minimum Gasteiger partial charge on any atom is -0.479 e. The lowest BCUT2D eigenvalue weighted by Crippen LogP contribution is -2.32. The zero-order valence-corrected chi connectivity index (χ0v) is 17.2. The number of ether oxygens (including phenoxy) is 2. The highest BCUT2D eigenvalue weighted by Crippen LogP contribution is 2.33. The van der Waals surface area contributed by atoms with Gasteiger partial charge in [-0.15, -0.1) is 0 Å². The van der Waals surface area contributed by atoms with Crippen LogP contribution in [0.25, 0.3) is 0 Å². The van der Waals surface area contributed by atoms with Gasteiger partial charge in [0.25, 0.3) is 5.91 Å². The molecule has 1 aromatic heterocycles.